The van der Waals surface area contributed by atoms with Crippen molar-refractivity contribution in [3.8, 4) is 0 Å². The Hall–Kier alpha value is -0.290. The van der Waals surface area contributed by atoms with Crippen molar-refractivity contribution in [3.63, 3.8) is 0 Å². The van der Waals surface area contributed by atoms with Gasteiger partial charge in [-0.05, 0) is 124 Å². The van der Waals surface area contributed by atoms with Gasteiger partial charge in [0, 0.05) is 0 Å². The van der Waals surface area contributed by atoms with Crippen LogP contribution in [0.4, 0.5) is 13.2 Å². The van der Waals surface area contributed by atoms with Gasteiger partial charge in [0.05, 0.1) is 6.10 Å². The first-order valence-electron chi connectivity index (χ1n) is 12.8. The highest BCUT2D eigenvalue weighted by atomic mass is 19.4. The lowest BCUT2D eigenvalue weighted by atomic mass is 9.44. The zero-order chi connectivity index (χ0) is 22.8. The van der Waals surface area contributed by atoms with E-state index in [0.29, 0.717) is 29.6 Å². The molecular formula is C26H43F3O2. The van der Waals surface area contributed by atoms with Crippen LogP contribution in [-0.4, -0.2) is 28.1 Å². The van der Waals surface area contributed by atoms with Crippen LogP contribution in [-0.2, 0) is 0 Å². The van der Waals surface area contributed by atoms with Crippen molar-refractivity contribution in [2.24, 2.45) is 46.3 Å². The summed E-state index contributed by atoms with van der Waals surface area (Å²) in [7, 11) is 0. The highest BCUT2D eigenvalue weighted by Crippen LogP contribution is 2.68. The molecule has 0 amide bonds. The Kier molecular flexibility index (Phi) is 6.07. The first-order valence-corrected chi connectivity index (χ1v) is 12.8. The van der Waals surface area contributed by atoms with Crippen molar-refractivity contribution in [2.45, 2.75) is 116 Å². The van der Waals surface area contributed by atoms with Crippen molar-refractivity contribution in [2.75, 3.05) is 0 Å². The van der Waals surface area contributed by atoms with Gasteiger partial charge in [-0.1, -0.05) is 20.8 Å². The van der Waals surface area contributed by atoms with Crippen LogP contribution >= 0.6 is 0 Å². The second-order valence-corrected chi connectivity index (χ2v) is 12.6. The monoisotopic (exact) mass is 444 g/mol. The van der Waals surface area contributed by atoms with E-state index in [0.717, 1.165) is 44.4 Å². The Bertz CT molecular complexity index is 662. The summed E-state index contributed by atoms with van der Waals surface area (Å²) in [5.41, 5.74) is -2.00. The number of aliphatic hydroxyl groups is 2. The van der Waals surface area contributed by atoms with Crippen molar-refractivity contribution < 1.29 is 23.4 Å². The summed E-state index contributed by atoms with van der Waals surface area (Å²) in [5, 5.41) is 20.1. The van der Waals surface area contributed by atoms with E-state index in [9.17, 15) is 23.4 Å². The van der Waals surface area contributed by atoms with Gasteiger partial charge < -0.3 is 10.2 Å². The molecule has 4 fully saturated rings. The second-order valence-electron chi connectivity index (χ2n) is 12.6. The van der Waals surface area contributed by atoms with Crippen LogP contribution in [0.25, 0.3) is 0 Å². The third kappa shape index (κ3) is 3.88. The Morgan fingerprint density at radius 3 is 2.26 bits per heavy atom. The maximum Gasteiger partial charge on any atom is 0.416 e. The number of aliphatic hydroxyl groups excluding tert-OH is 1. The molecule has 2 nitrogen and oxygen atoms in total. The second kappa shape index (κ2) is 7.89. The van der Waals surface area contributed by atoms with Crippen LogP contribution in [0.2, 0.25) is 0 Å². The first-order chi connectivity index (χ1) is 14.3. The molecule has 10 atom stereocenters. The van der Waals surface area contributed by atoms with Gasteiger partial charge in [-0.25, -0.2) is 0 Å². The summed E-state index contributed by atoms with van der Waals surface area (Å²) >= 11 is 0. The summed E-state index contributed by atoms with van der Waals surface area (Å²) < 4.78 is 39.4. The van der Waals surface area contributed by atoms with E-state index >= 15 is 0 Å². The maximum atomic E-state index is 13.1. The van der Waals surface area contributed by atoms with Gasteiger partial charge >= 0.3 is 6.18 Å². The molecule has 0 aliphatic heterocycles. The first kappa shape index (κ1) is 23.9. The molecule has 0 bridgehead atoms. The zero-order valence-electron chi connectivity index (χ0n) is 19.8. The molecule has 4 aliphatic carbocycles. The van der Waals surface area contributed by atoms with Gasteiger partial charge in [0.15, 0.2) is 5.60 Å². The fourth-order valence-electron chi connectivity index (χ4n) is 9.06. The average Bonchev–Trinajstić information content (AvgIpc) is 3.03. The van der Waals surface area contributed by atoms with Gasteiger partial charge in [0.1, 0.15) is 0 Å². The minimum absolute atomic E-state index is 0.117. The Labute approximate surface area is 186 Å². The molecule has 0 aromatic heterocycles. The van der Waals surface area contributed by atoms with Crippen LogP contribution < -0.4 is 0 Å². The van der Waals surface area contributed by atoms with E-state index in [1.807, 2.05) is 0 Å². The summed E-state index contributed by atoms with van der Waals surface area (Å²) in [4.78, 5) is 0. The SMILES string of the molecule is CC(CC[C@@](C)(O)C(F)(F)F)C1CCC2C3CCC4CC(O)CCC4(C)C3CCC12C. The number of rotatable bonds is 4. The van der Waals surface area contributed by atoms with E-state index in [2.05, 4.69) is 20.8 Å². The average molecular weight is 445 g/mol. The summed E-state index contributed by atoms with van der Waals surface area (Å²) in [6, 6.07) is 0. The lowest BCUT2D eigenvalue weighted by molar-refractivity contribution is -0.256. The molecule has 31 heavy (non-hydrogen) atoms. The topological polar surface area (TPSA) is 40.5 Å². The zero-order valence-corrected chi connectivity index (χ0v) is 19.8. The predicted molar refractivity (Wildman–Crippen MR) is 116 cm³/mol. The highest BCUT2D eigenvalue weighted by Gasteiger charge is 2.60. The van der Waals surface area contributed by atoms with E-state index in [4.69, 9.17) is 0 Å². The standard InChI is InChI=1S/C26H43F3O2/c1-16(9-14-25(4,31)26(27,28)29)20-7-8-21-19-6-5-17-15-18(30)10-12-23(17,2)22(19)11-13-24(20,21)3/h16-22,30-31H,5-15H2,1-4H3/t16?,17?,18?,19?,20?,21?,22?,23?,24?,25-/m1/s1. The van der Waals surface area contributed by atoms with E-state index in [-0.39, 0.29) is 23.9 Å². The molecule has 4 rings (SSSR count). The van der Waals surface area contributed by atoms with E-state index in [1.165, 1.54) is 32.1 Å². The summed E-state index contributed by atoms with van der Waals surface area (Å²) in [5.74, 6) is 3.50. The molecule has 180 valence electrons. The van der Waals surface area contributed by atoms with Crippen LogP contribution in [0, 0.1) is 46.3 Å². The normalized spacial score (nSPS) is 48.3. The number of hydrogen-bond acceptors (Lipinski definition) is 2. The number of halogens is 3. The lowest BCUT2D eigenvalue weighted by Gasteiger charge is -2.61. The molecule has 5 heteroatoms. The van der Waals surface area contributed by atoms with E-state index < -0.39 is 11.8 Å². The number of hydrogen-bond donors (Lipinski definition) is 2. The van der Waals surface area contributed by atoms with Gasteiger partial charge in [0.25, 0.3) is 0 Å². The van der Waals surface area contributed by atoms with Crippen molar-refractivity contribution in [3.05, 3.63) is 0 Å². The number of alkyl halides is 3. The summed E-state index contributed by atoms with van der Waals surface area (Å²) in [6.45, 7) is 7.97. The van der Waals surface area contributed by atoms with Gasteiger partial charge in [-0.3, -0.25) is 0 Å². The Morgan fingerprint density at radius 2 is 1.58 bits per heavy atom. The molecule has 0 aromatic rings. The van der Waals surface area contributed by atoms with Gasteiger partial charge in [-0.2, -0.15) is 13.2 Å². The van der Waals surface area contributed by atoms with Crippen molar-refractivity contribution >= 4 is 0 Å². The largest absolute Gasteiger partial charge is 0.416 e. The van der Waals surface area contributed by atoms with Crippen molar-refractivity contribution in [1.82, 2.24) is 0 Å². The maximum absolute atomic E-state index is 13.1. The number of fused-ring (bicyclic) bond motifs is 5. The fraction of sp³-hybridized carbons (Fsp3) is 1.00. The molecule has 0 saturated heterocycles. The molecule has 0 spiro atoms. The third-order valence-corrected chi connectivity index (χ3v) is 11.1. The Morgan fingerprint density at radius 1 is 0.935 bits per heavy atom. The fourth-order valence-corrected chi connectivity index (χ4v) is 9.06. The molecule has 0 heterocycles. The molecule has 0 radical (unpaired) electrons. The molecule has 4 aliphatic rings. The van der Waals surface area contributed by atoms with Gasteiger partial charge in [0.2, 0.25) is 0 Å². The molecule has 0 aromatic carbocycles. The van der Waals surface area contributed by atoms with Crippen LogP contribution in [0.5, 0.6) is 0 Å². The van der Waals surface area contributed by atoms with Crippen LogP contribution in [0.15, 0.2) is 0 Å². The smallest absolute Gasteiger partial charge is 0.393 e. The Balaban J connectivity index is 1.46. The van der Waals surface area contributed by atoms with E-state index in [1.54, 1.807) is 0 Å². The van der Waals surface area contributed by atoms with Gasteiger partial charge in [-0.15, -0.1) is 0 Å². The minimum Gasteiger partial charge on any atom is -0.393 e. The third-order valence-electron chi connectivity index (χ3n) is 11.1. The lowest BCUT2D eigenvalue weighted by Crippen LogP contribution is -2.54. The summed E-state index contributed by atoms with van der Waals surface area (Å²) in [6.07, 6.45) is 5.88. The molecular weight excluding hydrogens is 401 g/mol. The predicted octanol–water partition coefficient (Wildman–Crippen LogP) is 6.74. The van der Waals surface area contributed by atoms with Crippen molar-refractivity contribution in [1.29, 1.82) is 0 Å². The van der Waals surface area contributed by atoms with Crippen LogP contribution in [0.1, 0.15) is 98.3 Å². The quantitative estimate of drug-likeness (QED) is 0.504. The highest BCUT2D eigenvalue weighted by molar-refractivity contribution is 5.09. The minimum atomic E-state index is -4.56. The molecule has 4 saturated carbocycles. The molecule has 2 N–H and O–H groups in total. The van der Waals surface area contributed by atoms with Crippen LogP contribution in [0.3, 0.4) is 0 Å². The molecule has 9 unspecified atom stereocenters.